The van der Waals surface area contributed by atoms with Crippen molar-refractivity contribution in [3.63, 3.8) is 0 Å². The minimum absolute atomic E-state index is 0.170. The van der Waals surface area contributed by atoms with Crippen molar-refractivity contribution in [1.29, 1.82) is 5.26 Å². The second kappa shape index (κ2) is 9.03. The summed E-state index contributed by atoms with van der Waals surface area (Å²) in [7, 11) is 0. The molecule has 0 spiro atoms. The maximum atomic E-state index is 13.8. The number of nitro groups is 1. The van der Waals surface area contributed by atoms with Crippen LogP contribution >= 0.6 is 11.3 Å². The van der Waals surface area contributed by atoms with Gasteiger partial charge in [0.1, 0.15) is 10.6 Å². The van der Waals surface area contributed by atoms with E-state index in [1.165, 1.54) is 41.0 Å². The van der Waals surface area contributed by atoms with E-state index in [1.807, 2.05) is 11.0 Å². The van der Waals surface area contributed by atoms with Crippen LogP contribution in [0.25, 0.3) is 15.9 Å². The highest BCUT2D eigenvalue weighted by Gasteiger charge is 2.48. The molecular weight excluding hydrogens is 471 g/mol. The first-order chi connectivity index (χ1) is 17.0. The largest absolute Gasteiger partial charge is 0.379 e. The van der Waals surface area contributed by atoms with Gasteiger partial charge < -0.3 is 4.74 Å². The van der Waals surface area contributed by atoms with E-state index in [0.29, 0.717) is 47.8 Å². The Hall–Kier alpha value is -3.91. The van der Waals surface area contributed by atoms with Gasteiger partial charge in [-0.2, -0.15) is 5.26 Å². The number of rotatable bonds is 5. The van der Waals surface area contributed by atoms with Crippen LogP contribution in [0.3, 0.4) is 0 Å². The summed E-state index contributed by atoms with van der Waals surface area (Å²) in [5.74, 6) is -0.481. The van der Waals surface area contributed by atoms with Gasteiger partial charge in [0.15, 0.2) is 5.54 Å². The predicted molar refractivity (Wildman–Crippen MR) is 129 cm³/mol. The van der Waals surface area contributed by atoms with E-state index in [9.17, 15) is 24.6 Å². The third kappa shape index (κ3) is 3.70. The van der Waals surface area contributed by atoms with E-state index in [-0.39, 0.29) is 16.1 Å². The van der Waals surface area contributed by atoms with Crippen LogP contribution in [0.1, 0.15) is 11.1 Å². The van der Waals surface area contributed by atoms with Gasteiger partial charge in [-0.3, -0.25) is 24.4 Å². The quantitative estimate of drug-likeness (QED) is 0.307. The lowest BCUT2D eigenvalue weighted by molar-refractivity contribution is -0.381. The second-order valence-electron chi connectivity index (χ2n) is 8.03. The van der Waals surface area contributed by atoms with Crippen molar-refractivity contribution in [2.45, 2.75) is 5.54 Å². The molecule has 0 radical (unpaired) electrons. The highest BCUT2D eigenvalue weighted by atomic mass is 32.1. The normalized spacial score (nSPS) is 16.0. The van der Waals surface area contributed by atoms with Crippen molar-refractivity contribution in [3.8, 4) is 11.8 Å². The molecule has 2 aromatic carbocycles. The zero-order chi connectivity index (χ0) is 24.6. The molecule has 2 aromatic heterocycles. The average molecular weight is 491 g/mol. The zero-order valence-corrected chi connectivity index (χ0v) is 19.2. The number of fused-ring (bicyclic) bond motifs is 1. The minimum Gasteiger partial charge on any atom is -0.379 e. The Morgan fingerprint density at radius 2 is 1.74 bits per heavy atom. The van der Waals surface area contributed by atoms with Crippen molar-refractivity contribution in [2.75, 3.05) is 26.3 Å². The lowest BCUT2D eigenvalue weighted by Crippen LogP contribution is -2.51. The van der Waals surface area contributed by atoms with Crippen molar-refractivity contribution in [2.24, 2.45) is 0 Å². The Bertz CT molecular complexity index is 1500. The van der Waals surface area contributed by atoms with E-state index >= 15 is 0 Å². The summed E-state index contributed by atoms with van der Waals surface area (Å²) in [6.45, 7) is 1.37. The van der Waals surface area contributed by atoms with Crippen LogP contribution in [0, 0.1) is 27.3 Å². The summed E-state index contributed by atoms with van der Waals surface area (Å²) in [5.41, 5.74) is -0.813. The fourth-order valence-corrected chi connectivity index (χ4v) is 5.82. The fourth-order valence-electron chi connectivity index (χ4n) is 4.64. The lowest BCUT2D eigenvalue weighted by Gasteiger charge is -2.40. The monoisotopic (exact) mass is 490 g/mol. The minimum atomic E-state index is -1.60. The zero-order valence-electron chi connectivity index (χ0n) is 18.4. The molecule has 1 aliphatic rings. The lowest BCUT2D eigenvalue weighted by atomic mass is 9.81. The molecule has 1 aliphatic heterocycles. The Labute approximate surface area is 203 Å². The number of thiophene rings is 1. The third-order valence-electron chi connectivity index (χ3n) is 6.17. The van der Waals surface area contributed by atoms with Crippen LogP contribution in [0.15, 0.2) is 71.5 Å². The SMILES string of the molecule is N#CC(c1ccc(F)cc1)(c1c([N+](=O)[O-])sc2c1ccc(=O)n2-c1ccccc1)N1CCOCC1. The van der Waals surface area contributed by atoms with E-state index in [1.54, 1.807) is 24.3 Å². The molecule has 10 heteroatoms. The maximum absolute atomic E-state index is 13.8. The number of hydrogen-bond acceptors (Lipinski definition) is 7. The summed E-state index contributed by atoms with van der Waals surface area (Å²) in [6.07, 6.45) is 0. The molecule has 1 fully saturated rings. The van der Waals surface area contributed by atoms with Crippen molar-refractivity contribution in [3.05, 3.63) is 104 Å². The van der Waals surface area contributed by atoms with Crippen molar-refractivity contribution < 1.29 is 14.1 Å². The molecule has 4 aromatic rings. The number of pyridine rings is 1. The Kier molecular flexibility index (Phi) is 5.90. The molecular formula is C25H19FN4O4S. The molecule has 176 valence electrons. The molecule has 0 saturated carbocycles. The van der Waals surface area contributed by atoms with Gasteiger partial charge in [-0.05, 0) is 47.2 Å². The van der Waals surface area contributed by atoms with E-state index in [4.69, 9.17) is 4.74 Å². The smallest absolute Gasteiger partial charge is 0.333 e. The summed E-state index contributed by atoms with van der Waals surface area (Å²) in [6, 6.07) is 19.5. The average Bonchev–Trinajstić information content (AvgIpc) is 3.27. The van der Waals surface area contributed by atoms with Gasteiger partial charge >= 0.3 is 5.00 Å². The fraction of sp³-hybridized carbons (Fsp3) is 0.200. The Morgan fingerprint density at radius 3 is 2.37 bits per heavy atom. The van der Waals surface area contributed by atoms with E-state index < -0.39 is 16.3 Å². The van der Waals surface area contributed by atoms with Crippen LogP contribution in [0.4, 0.5) is 9.39 Å². The number of benzene rings is 2. The standard InChI is InChI=1S/C25H19FN4O4S/c26-18-8-6-17(7-9-18)25(16-27,28-12-14-34-15-13-28)22-20-10-11-21(31)29(19-4-2-1-3-5-19)23(20)35-24(22)30(32)33/h1-11H,12-15H2. The number of ether oxygens (including phenoxy) is 1. The van der Waals surface area contributed by atoms with Crippen LogP contribution < -0.4 is 5.56 Å². The summed E-state index contributed by atoms with van der Waals surface area (Å²) >= 11 is 0.852. The first kappa shape index (κ1) is 22.9. The van der Waals surface area contributed by atoms with Gasteiger partial charge in [-0.1, -0.05) is 30.3 Å². The van der Waals surface area contributed by atoms with Crippen LogP contribution in [-0.2, 0) is 10.3 Å². The molecule has 8 nitrogen and oxygen atoms in total. The van der Waals surface area contributed by atoms with Crippen molar-refractivity contribution >= 4 is 26.6 Å². The molecule has 0 aliphatic carbocycles. The molecule has 0 amide bonds. The predicted octanol–water partition coefficient (Wildman–Crippen LogP) is 4.20. The number of morpholine rings is 1. The molecule has 1 atom stereocenters. The molecule has 3 heterocycles. The highest BCUT2D eigenvalue weighted by molar-refractivity contribution is 7.22. The number of para-hydroxylation sites is 1. The van der Waals surface area contributed by atoms with Gasteiger partial charge in [0.25, 0.3) is 5.56 Å². The van der Waals surface area contributed by atoms with Gasteiger partial charge in [0.2, 0.25) is 0 Å². The number of nitrogens with zero attached hydrogens (tertiary/aromatic N) is 4. The highest BCUT2D eigenvalue weighted by Crippen LogP contribution is 2.48. The van der Waals surface area contributed by atoms with Gasteiger partial charge in [0.05, 0.1) is 35.5 Å². The number of aromatic nitrogens is 1. The topological polar surface area (TPSA) is 101 Å². The van der Waals surface area contributed by atoms with E-state index in [2.05, 4.69) is 6.07 Å². The molecule has 35 heavy (non-hydrogen) atoms. The number of nitriles is 1. The summed E-state index contributed by atoms with van der Waals surface area (Å²) < 4.78 is 20.7. The molecule has 5 rings (SSSR count). The Morgan fingerprint density at radius 1 is 1.06 bits per heavy atom. The van der Waals surface area contributed by atoms with Crippen LogP contribution in [-0.4, -0.2) is 40.7 Å². The number of hydrogen-bond donors (Lipinski definition) is 0. The molecule has 0 N–H and O–H groups in total. The Balaban J connectivity index is 1.90. The summed E-state index contributed by atoms with van der Waals surface area (Å²) in [5, 5.41) is 23.3. The summed E-state index contributed by atoms with van der Waals surface area (Å²) in [4.78, 5) is 27.0. The van der Waals surface area contributed by atoms with Crippen LogP contribution in [0.2, 0.25) is 0 Å². The first-order valence-corrected chi connectivity index (χ1v) is 11.7. The van der Waals surface area contributed by atoms with Gasteiger partial charge in [0, 0.05) is 24.5 Å². The molecule has 1 unspecified atom stereocenters. The number of halogens is 1. The maximum Gasteiger partial charge on any atom is 0.333 e. The molecule has 0 bridgehead atoms. The van der Waals surface area contributed by atoms with Gasteiger partial charge in [-0.15, -0.1) is 0 Å². The van der Waals surface area contributed by atoms with Gasteiger partial charge in [-0.25, -0.2) is 4.39 Å². The molecule has 1 saturated heterocycles. The van der Waals surface area contributed by atoms with Crippen molar-refractivity contribution in [1.82, 2.24) is 9.47 Å². The second-order valence-corrected chi connectivity index (χ2v) is 9.01. The third-order valence-corrected chi connectivity index (χ3v) is 7.32. The first-order valence-electron chi connectivity index (χ1n) is 10.9. The van der Waals surface area contributed by atoms with E-state index in [0.717, 1.165) is 11.3 Å². The van der Waals surface area contributed by atoms with Crippen LogP contribution in [0.5, 0.6) is 0 Å².